The van der Waals surface area contributed by atoms with Gasteiger partial charge in [-0.1, -0.05) is 6.58 Å². The van der Waals surface area contributed by atoms with Crippen molar-refractivity contribution in [1.29, 1.82) is 0 Å². The molecular formula is C8H3F13S. The van der Waals surface area contributed by atoms with Gasteiger partial charge in [-0.2, -0.15) is 57.1 Å². The molecule has 0 atom stereocenters. The van der Waals surface area contributed by atoms with E-state index in [-0.39, 0.29) is 0 Å². The van der Waals surface area contributed by atoms with Crippen molar-refractivity contribution in [2.45, 2.75) is 35.8 Å². The summed E-state index contributed by atoms with van der Waals surface area (Å²) in [7, 11) is 0. The molecule has 0 spiro atoms. The fourth-order valence-electron chi connectivity index (χ4n) is 0.951. The zero-order valence-corrected chi connectivity index (χ0v) is 10.5. The number of hydrogen-bond donors (Lipinski definition) is 1. The van der Waals surface area contributed by atoms with E-state index in [9.17, 15) is 57.1 Å². The van der Waals surface area contributed by atoms with Crippen molar-refractivity contribution in [2.24, 2.45) is 0 Å². The lowest BCUT2D eigenvalue weighted by atomic mass is 9.94. The summed E-state index contributed by atoms with van der Waals surface area (Å²) in [4.78, 5) is -2.46. The van der Waals surface area contributed by atoms with Crippen LogP contribution in [0.15, 0.2) is 11.5 Å². The second kappa shape index (κ2) is 5.09. The molecule has 132 valence electrons. The van der Waals surface area contributed by atoms with Crippen LogP contribution in [0.5, 0.6) is 0 Å². The van der Waals surface area contributed by atoms with Crippen molar-refractivity contribution >= 4 is 12.6 Å². The summed E-state index contributed by atoms with van der Waals surface area (Å²) >= 11 is 2.42. The highest BCUT2D eigenvalue weighted by atomic mass is 32.1. The molecule has 0 aromatic rings. The molecule has 0 unspecified atom stereocenters. The molecule has 0 aromatic carbocycles. The molecule has 0 aromatic heterocycles. The van der Waals surface area contributed by atoms with Crippen LogP contribution in [-0.2, 0) is 0 Å². The predicted molar refractivity (Wildman–Crippen MR) is 48.9 cm³/mol. The maximum absolute atomic E-state index is 12.9. The highest BCUT2D eigenvalue weighted by Gasteiger charge is 2.90. The summed E-state index contributed by atoms with van der Waals surface area (Å²) < 4.78 is 162. The Morgan fingerprint density at radius 3 is 1.05 bits per heavy atom. The molecule has 22 heavy (non-hydrogen) atoms. The summed E-state index contributed by atoms with van der Waals surface area (Å²) in [6.45, 7) is 1.95. The third-order valence-electron chi connectivity index (χ3n) is 2.30. The Hall–Kier alpha value is -0.820. The minimum atomic E-state index is -7.89. The summed E-state index contributed by atoms with van der Waals surface area (Å²) in [6.07, 6.45) is -7.41. The van der Waals surface area contributed by atoms with Crippen molar-refractivity contribution in [3.63, 3.8) is 0 Å². The summed E-state index contributed by atoms with van der Waals surface area (Å²) in [5.74, 6) is -37.1. The number of halogens is 13. The number of alkyl halides is 13. The van der Waals surface area contributed by atoms with E-state index >= 15 is 0 Å². The Morgan fingerprint density at radius 1 is 0.545 bits per heavy atom. The second-order valence-electron chi connectivity index (χ2n) is 3.82. The third-order valence-corrected chi connectivity index (χ3v) is 2.58. The molecule has 0 fully saturated rings. The molecule has 0 saturated heterocycles. The molecule has 0 aliphatic carbocycles. The van der Waals surface area contributed by atoms with Crippen LogP contribution in [0, 0.1) is 0 Å². The van der Waals surface area contributed by atoms with Crippen molar-refractivity contribution in [3.8, 4) is 0 Å². The Balaban J connectivity index is 6.29. The van der Waals surface area contributed by atoms with E-state index in [4.69, 9.17) is 0 Å². The minimum absolute atomic E-state index is 1.95. The molecule has 14 heteroatoms. The summed E-state index contributed by atoms with van der Waals surface area (Å²) in [5.41, 5.74) is 0. The zero-order chi connectivity index (χ0) is 18.6. The molecule has 0 saturated carbocycles. The average Bonchev–Trinajstić information content (AvgIpc) is 2.25. The van der Waals surface area contributed by atoms with E-state index in [2.05, 4.69) is 12.6 Å². The van der Waals surface area contributed by atoms with Crippen molar-refractivity contribution in [3.05, 3.63) is 11.5 Å². The van der Waals surface area contributed by atoms with Gasteiger partial charge in [-0.25, -0.2) is 0 Å². The smallest absolute Gasteiger partial charge is 0.193 e. The van der Waals surface area contributed by atoms with Gasteiger partial charge >= 0.3 is 35.8 Å². The second-order valence-corrected chi connectivity index (χ2v) is 4.36. The van der Waals surface area contributed by atoms with Crippen molar-refractivity contribution in [2.75, 3.05) is 0 Å². The fraction of sp³-hybridized carbons (Fsp3) is 0.750. The van der Waals surface area contributed by atoms with Crippen LogP contribution in [0.25, 0.3) is 0 Å². The Labute approximate surface area is 118 Å². The quantitative estimate of drug-likeness (QED) is 0.495. The van der Waals surface area contributed by atoms with Crippen molar-refractivity contribution in [1.82, 2.24) is 0 Å². The molecule has 0 amide bonds. The molecule has 0 bridgehead atoms. The van der Waals surface area contributed by atoms with E-state index < -0.39 is 40.7 Å². The average molecular weight is 378 g/mol. The monoisotopic (exact) mass is 378 g/mol. The molecular weight excluding hydrogens is 375 g/mol. The Morgan fingerprint density at radius 2 is 0.818 bits per heavy atom. The SMILES string of the molecule is C=C(S)C(F)(F)C(F)(F)C(F)(F)C(F)(F)C(F)(F)C(F)(F)F. The lowest BCUT2D eigenvalue weighted by Crippen LogP contribution is -2.70. The van der Waals surface area contributed by atoms with Crippen LogP contribution in [0.2, 0.25) is 0 Å². The van der Waals surface area contributed by atoms with Crippen LogP contribution < -0.4 is 0 Å². The van der Waals surface area contributed by atoms with Crippen LogP contribution in [0.4, 0.5) is 57.1 Å². The number of allylic oxidation sites excluding steroid dienone is 1. The first-order chi connectivity index (χ1) is 9.19. The van der Waals surface area contributed by atoms with Gasteiger partial charge in [0.2, 0.25) is 0 Å². The van der Waals surface area contributed by atoms with Crippen LogP contribution in [-0.4, -0.2) is 35.8 Å². The fourth-order valence-corrected chi connectivity index (χ4v) is 1.09. The molecule has 0 aliphatic rings. The van der Waals surface area contributed by atoms with Gasteiger partial charge in [-0.15, -0.1) is 12.6 Å². The lowest BCUT2D eigenvalue weighted by Gasteiger charge is -2.39. The maximum Gasteiger partial charge on any atom is 0.460 e. The van der Waals surface area contributed by atoms with Gasteiger partial charge in [0.05, 0.1) is 4.91 Å². The number of rotatable bonds is 5. The summed E-state index contributed by atoms with van der Waals surface area (Å²) in [6, 6.07) is 0. The van der Waals surface area contributed by atoms with Gasteiger partial charge in [-0.3, -0.25) is 0 Å². The van der Waals surface area contributed by atoms with Gasteiger partial charge in [0.1, 0.15) is 0 Å². The number of hydrogen-bond acceptors (Lipinski definition) is 1. The standard InChI is InChI=1S/C8H3F13S/c1-2(22)3(9,10)4(11,12)5(13,14)6(15,16)7(17,18)8(19,20)21/h22H,1H2. The van der Waals surface area contributed by atoms with Crippen LogP contribution in [0.3, 0.4) is 0 Å². The molecule has 0 radical (unpaired) electrons. The van der Waals surface area contributed by atoms with Crippen LogP contribution in [0.1, 0.15) is 0 Å². The Bertz CT molecular complexity index is 445. The maximum atomic E-state index is 12.9. The Kier molecular flexibility index (Phi) is 4.90. The largest absolute Gasteiger partial charge is 0.460 e. The van der Waals surface area contributed by atoms with Gasteiger partial charge in [0.25, 0.3) is 0 Å². The third kappa shape index (κ3) is 2.52. The highest BCUT2D eigenvalue weighted by Crippen LogP contribution is 2.61. The normalized spacial score (nSPS) is 15.9. The van der Waals surface area contributed by atoms with E-state index in [1.165, 1.54) is 0 Å². The first-order valence-electron chi connectivity index (χ1n) is 4.53. The van der Waals surface area contributed by atoms with Gasteiger partial charge < -0.3 is 0 Å². The topological polar surface area (TPSA) is 0 Å². The highest BCUT2D eigenvalue weighted by molar-refractivity contribution is 7.84. The molecule has 0 rings (SSSR count). The zero-order valence-electron chi connectivity index (χ0n) is 9.57. The van der Waals surface area contributed by atoms with Gasteiger partial charge in [0, 0.05) is 0 Å². The molecule has 0 N–H and O–H groups in total. The number of thiol groups is 1. The first-order valence-corrected chi connectivity index (χ1v) is 4.98. The molecule has 0 nitrogen and oxygen atoms in total. The van der Waals surface area contributed by atoms with Gasteiger partial charge in [-0.05, 0) is 0 Å². The predicted octanol–water partition coefficient (Wildman–Crippen LogP) is 5.17. The molecule has 0 heterocycles. The lowest BCUT2D eigenvalue weighted by molar-refractivity contribution is -0.436. The molecule has 0 aliphatic heterocycles. The summed E-state index contributed by atoms with van der Waals surface area (Å²) in [5, 5.41) is 0. The van der Waals surface area contributed by atoms with Gasteiger partial charge in [0.15, 0.2) is 0 Å². The van der Waals surface area contributed by atoms with E-state index in [1.54, 1.807) is 0 Å². The van der Waals surface area contributed by atoms with E-state index in [0.29, 0.717) is 0 Å². The van der Waals surface area contributed by atoms with E-state index in [1.807, 2.05) is 6.58 Å². The minimum Gasteiger partial charge on any atom is -0.193 e. The first kappa shape index (κ1) is 21.2. The van der Waals surface area contributed by atoms with E-state index in [0.717, 1.165) is 0 Å². The van der Waals surface area contributed by atoms with Crippen molar-refractivity contribution < 1.29 is 57.1 Å². The van der Waals surface area contributed by atoms with Crippen LogP contribution >= 0.6 is 12.6 Å².